The van der Waals surface area contributed by atoms with Gasteiger partial charge in [0.15, 0.2) is 5.75 Å². The summed E-state index contributed by atoms with van der Waals surface area (Å²) < 4.78 is 9.88. The Morgan fingerprint density at radius 1 is 1.25 bits per heavy atom. The second kappa shape index (κ2) is 7.22. The molecule has 0 fully saturated rings. The lowest BCUT2D eigenvalue weighted by atomic mass is 10.3. The number of nitrogen functional groups attached to an aromatic ring is 1. The average Bonchev–Trinajstić information content (AvgIpc) is 2.42. The molecule has 3 N–H and O–H groups in total. The molecule has 6 heteroatoms. The van der Waals surface area contributed by atoms with E-state index in [0.717, 1.165) is 15.9 Å². The number of rotatable bonds is 5. The third kappa shape index (κ3) is 4.06. The molecule has 0 bridgehead atoms. The first-order chi connectivity index (χ1) is 9.60. The minimum atomic E-state index is 0.531. The highest BCUT2D eigenvalue weighted by atomic mass is 79.9. The first-order valence-electron chi connectivity index (χ1n) is 6.02. The third-order valence-electron chi connectivity index (χ3n) is 2.43. The summed E-state index contributed by atoms with van der Waals surface area (Å²) in [6.07, 6.45) is 0. The number of hydrogen-bond donors (Lipinski definition) is 2. The Hall–Kier alpha value is -0.880. The molecule has 0 aromatic heterocycles. The number of ether oxygens (including phenoxy) is 1. The average molecular weight is 374 g/mol. The summed E-state index contributed by atoms with van der Waals surface area (Å²) in [6, 6.07) is 11.1. The molecule has 0 saturated heterocycles. The highest BCUT2D eigenvalue weighted by Gasteiger charge is 2.08. The van der Waals surface area contributed by atoms with E-state index in [2.05, 4.69) is 20.7 Å². The Balaban J connectivity index is 2.23. The monoisotopic (exact) mass is 372 g/mol. The van der Waals surface area contributed by atoms with Crippen molar-refractivity contribution in [3.63, 3.8) is 0 Å². The number of halogens is 2. The Bertz CT molecular complexity index is 610. The Morgan fingerprint density at radius 3 is 2.75 bits per heavy atom. The van der Waals surface area contributed by atoms with Gasteiger partial charge < -0.3 is 10.5 Å². The van der Waals surface area contributed by atoms with Crippen molar-refractivity contribution in [2.75, 3.05) is 12.3 Å². The number of anilines is 1. The predicted molar refractivity (Wildman–Crippen MR) is 89.6 cm³/mol. The van der Waals surface area contributed by atoms with E-state index in [4.69, 9.17) is 22.1 Å². The van der Waals surface area contributed by atoms with Gasteiger partial charge in [0.05, 0.1) is 10.7 Å². The highest BCUT2D eigenvalue weighted by Crippen LogP contribution is 2.35. The number of hydrogen-bond acceptors (Lipinski definition) is 4. The van der Waals surface area contributed by atoms with Crippen molar-refractivity contribution in [1.82, 2.24) is 4.72 Å². The highest BCUT2D eigenvalue weighted by molar-refractivity contribution is 9.10. The molecule has 20 heavy (non-hydrogen) atoms. The normalized spacial score (nSPS) is 10.6. The molecular weight excluding hydrogens is 360 g/mol. The molecule has 2 aromatic carbocycles. The first kappa shape index (κ1) is 15.5. The van der Waals surface area contributed by atoms with Gasteiger partial charge in [-0.15, -0.1) is 0 Å². The summed E-state index contributed by atoms with van der Waals surface area (Å²) in [7, 11) is 0. The van der Waals surface area contributed by atoms with Crippen LogP contribution in [-0.2, 0) is 0 Å². The van der Waals surface area contributed by atoms with E-state index in [1.54, 1.807) is 12.1 Å². The fourth-order valence-corrected chi connectivity index (χ4v) is 2.82. The summed E-state index contributed by atoms with van der Waals surface area (Å²) in [5.74, 6) is 1.17. The van der Waals surface area contributed by atoms with Gasteiger partial charge in [-0.2, -0.15) is 0 Å². The first-order valence-corrected chi connectivity index (χ1v) is 8.01. The zero-order chi connectivity index (χ0) is 14.5. The van der Waals surface area contributed by atoms with Crippen LogP contribution in [0, 0.1) is 0 Å². The van der Waals surface area contributed by atoms with E-state index in [-0.39, 0.29) is 0 Å². The van der Waals surface area contributed by atoms with Gasteiger partial charge in [-0.05, 0) is 48.3 Å². The van der Waals surface area contributed by atoms with Crippen molar-refractivity contribution in [1.29, 1.82) is 0 Å². The molecule has 0 aliphatic carbocycles. The molecule has 3 nitrogen and oxygen atoms in total. The summed E-state index contributed by atoms with van der Waals surface area (Å²) in [5, 5.41) is 0.531. The van der Waals surface area contributed by atoms with Crippen LogP contribution in [0.2, 0.25) is 5.02 Å². The fourth-order valence-electron chi connectivity index (χ4n) is 1.50. The van der Waals surface area contributed by atoms with Gasteiger partial charge in [-0.3, -0.25) is 4.72 Å². The van der Waals surface area contributed by atoms with E-state index in [1.165, 1.54) is 11.9 Å². The van der Waals surface area contributed by atoms with Crippen LogP contribution in [0.4, 0.5) is 5.69 Å². The molecule has 0 amide bonds. The van der Waals surface area contributed by atoms with Gasteiger partial charge in [-0.25, -0.2) is 0 Å². The second-order valence-corrected chi connectivity index (χ2v) is 6.26. The smallest absolute Gasteiger partial charge is 0.151 e. The van der Waals surface area contributed by atoms with Crippen molar-refractivity contribution in [2.24, 2.45) is 0 Å². The standard InChI is InChI=1S/C14H14BrClN2OS/c1-2-18-20-10-4-5-12(17)14(8-10)19-13-6-3-9(15)7-11(13)16/h3-8,18H,2,17H2,1H3. The van der Waals surface area contributed by atoms with Gasteiger partial charge in [-0.1, -0.05) is 34.5 Å². The molecule has 0 heterocycles. The molecule has 106 valence electrons. The Morgan fingerprint density at radius 2 is 2.05 bits per heavy atom. The predicted octanol–water partition coefficient (Wildman–Crippen LogP) is 5.09. The van der Waals surface area contributed by atoms with E-state index >= 15 is 0 Å². The van der Waals surface area contributed by atoms with Crippen LogP contribution in [0.1, 0.15) is 6.92 Å². The van der Waals surface area contributed by atoms with Crippen molar-refractivity contribution in [2.45, 2.75) is 11.8 Å². The largest absolute Gasteiger partial charge is 0.454 e. The lowest BCUT2D eigenvalue weighted by Crippen LogP contribution is -2.00. The molecule has 2 rings (SSSR count). The van der Waals surface area contributed by atoms with Gasteiger partial charge in [0.1, 0.15) is 5.75 Å². The molecule has 0 aliphatic rings. The van der Waals surface area contributed by atoms with E-state index < -0.39 is 0 Å². The molecule has 2 aromatic rings. The Kier molecular flexibility index (Phi) is 5.60. The number of nitrogens with one attached hydrogen (secondary N) is 1. The van der Waals surface area contributed by atoms with Crippen LogP contribution in [0.15, 0.2) is 45.8 Å². The topological polar surface area (TPSA) is 47.3 Å². The number of benzene rings is 2. The summed E-state index contributed by atoms with van der Waals surface area (Å²) in [4.78, 5) is 1.03. The summed E-state index contributed by atoms with van der Waals surface area (Å²) in [6.45, 7) is 2.92. The van der Waals surface area contributed by atoms with Gasteiger partial charge >= 0.3 is 0 Å². The lowest BCUT2D eigenvalue weighted by molar-refractivity contribution is 0.484. The summed E-state index contributed by atoms with van der Waals surface area (Å²) >= 11 is 11.0. The quantitative estimate of drug-likeness (QED) is 0.566. The molecule has 0 unspecified atom stereocenters. The minimum Gasteiger partial charge on any atom is -0.454 e. The van der Waals surface area contributed by atoms with Crippen molar-refractivity contribution >= 4 is 45.2 Å². The fraction of sp³-hybridized carbons (Fsp3) is 0.143. The van der Waals surface area contributed by atoms with Crippen molar-refractivity contribution in [3.8, 4) is 11.5 Å². The SMILES string of the molecule is CCNSc1ccc(N)c(Oc2ccc(Br)cc2Cl)c1. The molecule has 0 aliphatic heterocycles. The maximum Gasteiger partial charge on any atom is 0.151 e. The lowest BCUT2D eigenvalue weighted by Gasteiger charge is -2.11. The van der Waals surface area contributed by atoms with Gasteiger partial charge in [0.25, 0.3) is 0 Å². The zero-order valence-corrected chi connectivity index (χ0v) is 14.0. The van der Waals surface area contributed by atoms with Crippen LogP contribution in [-0.4, -0.2) is 6.54 Å². The molecule has 0 atom stereocenters. The van der Waals surface area contributed by atoms with Gasteiger partial charge in [0.2, 0.25) is 0 Å². The maximum atomic E-state index is 6.14. The molecule has 0 radical (unpaired) electrons. The third-order valence-corrected chi connectivity index (χ3v) is 4.14. The van der Waals surface area contributed by atoms with Crippen LogP contribution in [0.3, 0.4) is 0 Å². The maximum absolute atomic E-state index is 6.14. The van der Waals surface area contributed by atoms with Gasteiger partial charge in [0, 0.05) is 15.9 Å². The molecular formula is C14H14BrClN2OS. The van der Waals surface area contributed by atoms with Crippen molar-refractivity contribution in [3.05, 3.63) is 45.9 Å². The summed E-state index contributed by atoms with van der Waals surface area (Å²) in [5.41, 5.74) is 6.51. The van der Waals surface area contributed by atoms with E-state index in [0.29, 0.717) is 22.2 Å². The number of nitrogens with two attached hydrogens (primary N) is 1. The minimum absolute atomic E-state index is 0.531. The van der Waals surface area contributed by atoms with Crippen molar-refractivity contribution < 1.29 is 4.74 Å². The van der Waals surface area contributed by atoms with E-state index in [9.17, 15) is 0 Å². The second-order valence-electron chi connectivity index (χ2n) is 3.98. The van der Waals surface area contributed by atoms with Crippen LogP contribution in [0.5, 0.6) is 11.5 Å². The zero-order valence-electron chi connectivity index (χ0n) is 10.8. The van der Waals surface area contributed by atoms with E-state index in [1.807, 2.05) is 31.2 Å². The Labute approximate surface area is 136 Å². The van der Waals surface area contributed by atoms with Crippen LogP contribution >= 0.6 is 39.5 Å². The molecule has 0 saturated carbocycles. The molecule has 0 spiro atoms. The van der Waals surface area contributed by atoms with Crippen LogP contribution < -0.4 is 15.2 Å². The van der Waals surface area contributed by atoms with Crippen LogP contribution in [0.25, 0.3) is 0 Å².